The fraction of sp³-hybridized carbons (Fsp3) is 0.800. The zero-order valence-corrected chi connectivity index (χ0v) is 18.2. The van der Waals surface area contributed by atoms with Gasteiger partial charge in [0.05, 0.1) is 12.1 Å². The summed E-state index contributed by atoms with van der Waals surface area (Å²) in [5.74, 6) is -2.02. The maximum absolute atomic E-state index is 12.2. The van der Waals surface area contributed by atoms with Crippen molar-refractivity contribution in [2.75, 3.05) is 39.6 Å². The largest absolute Gasteiger partial charge is 0.462 e. The van der Waals surface area contributed by atoms with Crippen LogP contribution in [0.15, 0.2) is 0 Å². The number of carbonyl (C=O) groups excluding carboxylic acids is 4. The quantitative estimate of drug-likeness (QED) is 0.605. The molecule has 1 fully saturated rings. The van der Waals surface area contributed by atoms with Gasteiger partial charge in [0.2, 0.25) is 11.8 Å². The van der Waals surface area contributed by atoms with Gasteiger partial charge in [-0.2, -0.15) is 0 Å². The Balaban J connectivity index is 2.80. The number of ether oxygens (including phenoxy) is 4. The van der Waals surface area contributed by atoms with Gasteiger partial charge in [0, 0.05) is 0 Å². The minimum Gasteiger partial charge on any atom is -0.462 e. The summed E-state index contributed by atoms with van der Waals surface area (Å²) in [4.78, 5) is 48.0. The second-order valence-corrected chi connectivity index (χ2v) is 7.47. The summed E-state index contributed by atoms with van der Waals surface area (Å²) in [6, 6.07) is -0.829. The summed E-state index contributed by atoms with van der Waals surface area (Å²) in [6.45, 7) is 6.23. The highest BCUT2D eigenvalue weighted by atomic mass is 16.6. The molecular formula is C20H34N2O8. The first-order valence-corrected chi connectivity index (χ1v) is 10.3. The third-order valence-electron chi connectivity index (χ3n) is 5.11. The lowest BCUT2D eigenvalue weighted by molar-refractivity contribution is -0.157. The van der Waals surface area contributed by atoms with Gasteiger partial charge >= 0.3 is 11.9 Å². The molecule has 2 unspecified atom stereocenters. The Hall–Kier alpha value is -2.20. The Morgan fingerprint density at radius 1 is 0.733 bits per heavy atom. The Morgan fingerprint density at radius 2 is 1.10 bits per heavy atom. The molecule has 10 heteroatoms. The lowest BCUT2D eigenvalue weighted by atomic mass is 10.00. The van der Waals surface area contributed by atoms with Crippen LogP contribution in [0, 0.1) is 11.8 Å². The second kappa shape index (κ2) is 13.9. The molecule has 0 radical (unpaired) electrons. The van der Waals surface area contributed by atoms with Crippen LogP contribution in [-0.2, 0) is 38.1 Å². The molecule has 2 N–H and O–H groups in total. The normalized spacial score (nSPS) is 25.6. The number of rotatable bonds is 4. The molecule has 0 spiro atoms. The molecule has 0 aromatic heterocycles. The minimum absolute atomic E-state index is 0.0372. The first-order valence-electron chi connectivity index (χ1n) is 10.3. The number of nitrogens with one attached hydrogen (secondary N) is 2. The SMILES string of the molecule is CCC(C)[C@H]1COC(=O)COCC(=O)OC[C@H](C(C)CC)NC(=O)COCC(=O)N1. The number of esters is 2. The van der Waals surface area contributed by atoms with E-state index >= 15 is 0 Å². The highest BCUT2D eigenvalue weighted by Gasteiger charge is 2.23. The molecular weight excluding hydrogens is 396 g/mol. The van der Waals surface area contributed by atoms with Crippen LogP contribution < -0.4 is 10.6 Å². The van der Waals surface area contributed by atoms with Gasteiger partial charge < -0.3 is 29.6 Å². The van der Waals surface area contributed by atoms with E-state index in [-0.39, 0.29) is 38.3 Å². The summed E-state index contributed by atoms with van der Waals surface area (Å²) in [7, 11) is 0. The Labute approximate surface area is 177 Å². The lowest BCUT2D eigenvalue weighted by Crippen LogP contribution is -2.46. The Bertz CT molecular complexity index is 535. The van der Waals surface area contributed by atoms with E-state index in [0.29, 0.717) is 0 Å². The number of carbonyl (C=O) groups is 4. The zero-order valence-electron chi connectivity index (χ0n) is 18.2. The fourth-order valence-corrected chi connectivity index (χ4v) is 2.67. The van der Waals surface area contributed by atoms with Crippen molar-refractivity contribution in [1.29, 1.82) is 0 Å². The van der Waals surface area contributed by atoms with Crippen molar-refractivity contribution >= 4 is 23.8 Å². The number of hydrogen-bond donors (Lipinski definition) is 2. The highest BCUT2D eigenvalue weighted by Crippen LogP contribution is 2.10. The van der Waals surface area contributed by atoms with Crippen LogP contribution in [0.2, 0.25) is 0 Å². The van der Waals surface area contributed by atoms with Crippen molar-refractivity contribution in [2.24, 2.45) is 11.8 Å². The van der Waals surface area contributed by atoms with E-state index in [0.717, 1.165) is 12.8 Å². The maximum atomic E-state index is 12.2. The van der Waals surface area contributed by atoms with Gasteiger partial charge in [-0.25, -0.2) is 9.59 Å². The molecule has 1 heterocycles. The van der Waals surface area contributed by atoms with Gasteiger partial charge in [0.15, 0.2) is 0 Å². The van der Waals surface area contributed by atoms with Crippen LogP contribution in [0.5, 0.6) is 0 Å². The van der Waals surface area contributed by atoms with E-state index in [4.69, 9.17) is 18.9 Å². The van der Waals surface area contributed by atoms with Gasteiger partial charge in [-0.1, -0.05) is 40.5 Å². The van der Waals surface area contributed by atoms with Crippen molar-refractivity contribution in [1.82, 2.24) is 10.6 Å². The third-order valence-corrected chi connectivity index (χ3v) is 5.11. The standard InChI is InChI=1S/C20H34N2O8/c1-5-13(3)15-7-29-19(25)11-28-12-20(26)30-8-16(14(4)6-2)22-18(24)10-27-9-17(23)21-15/h13-16H,5-12H2,1-4H3,(H,21,23)(H,22,24)/t13?,14?,15-,16-/m1/s1. The van der Waals surface area contributed by atoms with Crippen molar-refractivity contribution in [3.8, 4) is 0 Å². The van der Waals surface area contributed by atoms with Crippen molar-refractivity contribution in [3.05, 3.63) is 0 Å². The average molecular weight is 430 g/mol. The topological polar surface area (TPSA) is 129 Å². The van der Waals surface area contributed by atoms with E-state index in [9.17, 15) is 19.2 Å². The molecule has 0 aromatic rings. The van der Waals surface area contributed by atoms with Gasteiger partial charge in [-0.15, -0.1) is 0 Å². The lowest BCUT2D eigenvalue weighted by Gasteiger charge is -2.25. The van der Waals surface area contributed by atoms with Gasteiger partial charge in [0.25, 0.3) is 0 Å². The van der Waals surface area contributed by atoms with Crippen LogP contribution in [-0.4, -0.2) is 75.5 Å². The molecule has 2 amide bonds. The molecule has 1 saturated heterocycles. The molecule has 4 atom stereocenters. The van der Waals surface area contributed by atoms with E-state index in [2.05, 4.69) is 10.6 Å². The second-order valence-electron chi connectivity index (χ2n) is 7.47. The molecule has 0 aromatic carbocycles. The predicted molar refractivity (Wildman–Crippen MR) is 106 cm³/mol. The van der Waals surface area contributed by atoms with Gasteiger partial charge in [-0.05, 0) is 11.8 Å². The number of cyclic esters (lactones) is 2. The predicted octanol–water partition coefficient (Wildman–Crippen LogP) is 0.181. The Morgan fingerprint density at radius 3 is 1.47 bits per heavy atom. The third kappa shape index (κ3) is 10.0. The molecule has 30 heavy (non-hydrogen) atoms. The van der Waals surface area contributed by atoms with Gasteiger partial charge in [0.1, 0.15) is 39.6 Å². The summed E-state index contributed by atoms with van der Waals surface area (Å²) < 4.78 is 20.6. The summed E-state index contributed by atoms with van der Waals surface area (Å²) in [5.41, 5.74) is 0. The minimum atomic E-state index is -0.646. The van der Waals surface area contributed by atoms with Crippen LogP contribution in [0.25, 0.3) is 0 Å². The van der Waals surface area contributed by atoms with Gasteiger partial charge in [-0.3, -0.25) is 9.59 Å². The maximum Gasteiger partial charge on any atom is 0.332 e. The van der Waals surface area contributed by atoms with Crippen LogP contribution in [0.3, 0.4) is 0 Å². The monoisotopic (exact) mass is 430 g/mol. The van der Waals surface area contributed by atoms with E-state index in [1.165, 1.54) is 0 Å². The van der Waals surface area contributed by atoms with Crippen molar-refractivity contribution < 1.29 is 38.1 Å². The van der Waals surface area contributed by atoms with Crippen LogP contribution in [0.4, 0.5) is 0 Å². The molecule has 10 nitrogen and oxygen atoms in total. The van der Waals surface area contributed by atoms with E-state index < -0.39 is 49.1 Å². The number of hydrogen-bond acceptors (Lipinski definition) is 8. The van der Waals surface area contributed by atoms with Crippen LogP contribution >= 0.6 is 0 Å². The Kier molecular flexibility index (Phi) is 12.0. The first kappa shape index (κ1) is 25.8. The van der Waals surface area contributed by atoms with Crippen molar-refractivity contribution in [2.45, 2.75) is 52.6 Å². The molecule has 0 saturated carbocycles. The van der Waals surface area contributed by atoms with Crippen molar-refractivity contribution in [3.63, 3.8) is 0 Å². The molecule has 1 aliphatic heterocycles. The number of amides is 2. The summed E-state index contributed by atoms with van der Waals surface area (Å²) in [6.07, 6.45) is 1.51. The molecule has 0 bridgehead atoms. The smallest absolute Gasteiger partial charge is 0.332 e. The first-order chi connectivity index (χ1) is 14.3. The fourth-order valence-electron chi connectivity index (χ4n) is 2.67. The zero-order chi connectivity index (χ0) is 22.5. The molecule has 1 aliphatic rings. The summed E-state index contributed by atoms with van der Waals surface area (Å²) >= 11 is 0. The highest BCUT2D eigenvalue weighted by molar-refractivity contribution is 5.80. The van der Waals surface area contributed by atoms with Crippen LogP contribution in [0.1, 0.15) is 40.5 Å². The molecule has 172 valence electrons. The van der Waals surface area contributed by atoms with E-state index in [1.54, 1.807) is 0 Å². The molecule has 1 rings (SSSR count). The molecule has 0 aliphatic carbocycles. The van der Waals surface area contributed by atoms with E-state index in [1.807, 2.05) is 27.7 Å². The summed E-state index contributed by atoms with van der Waals surface area (Å²) in [5, 5.41) is 5.53. The average Bonchev–Trinajstić information content (AvgIpc) is 2.72.